The van der Waals surface area contributed by atoms with Crippen LogP contribution in [0.2, 0.25) is 5.02 Å². The van der Waals surface area contributed by atoms with Crippen molar-refractivity contribution in [1.29, 1.82) is 0 Å². The third-order valence-corrected chi connectivity index (χ3v) is 2.81. The van der Waals surface area contributed by atoms with Crippen LogP contribution in [-0.2, 0) is 0 Å². The molecule has 0 saturated heterocycles. The van der Waals surface area contributed by atoms with Gasteiger partial charge in [0.1, 0.15) is 0 Å². The number of nitro groups is 1. The van der Waals surface area contributed by atoms with Gasteiger partial charge >= 0.3 is 5.69 Å². The standard InChI is InChI=1S/C13H10ClNO3/c1-18-13-11(14)7-10(8-12(13)15(16)17)9-5-3-2-4-6-9/h2-8H,1H3. The Labute approximate surface area is 109 Å². The predicted octanol–water partition coefficient (Wildman–Crippen LogP) is 3.92. The second-order valence-corrected chi connectivity index (χ2v) is 4.04. The molecular weight excluding hydrogens is 254 g/mol. The number of hydrogen-bond donors (Lipinski definition) is 0. The van der Waals surface area contributed by atoms with Crippen LogP contribution < -0.4 is 4.74 Å². The van der Waals surface area contributed by atoms with Crippen molar-refractivity contribution in [2.75, 3.05) is 7.11 Å². The van der Waals surface area contributed by atoms with E-state index >= 15 is 0 Å². The van der Waals surface area contributed by atoms with Crippen LogP contribution >= 0.6 is 11.6 Å². The first kappa shape index (κ1) is 12.4. The van der Waals surface area contributed by atoms with Gasteiger partial charge in [-0.25, -0.2) is 0 Å². The summed E-state index contributed by atoms with van der Waals surface area (Å²) in [5, 5.41) is 11.2. The van der Waals surface area contributed by atoms with Crippen molar-refractivity contribution in [3.8, 4) is 16.9 Å². The lowest BCUT2D eigenvalue weighted by Gasteiger charge is -2.07. The number of nitro benzene ring substituents is 1. The van der Waals surface area contributed by atoms with Gasteiger partial charge in [0, 0.05) is 6.07 Å². The lowest BCUT2D eigenvalue weighted by atomic mass is 10.0. The van der Waals surface area contributed by atoms with Crippen LogP contribution in [0.5, 0.6) is 5.75 Å². The summed E-state index contributed by atoms with van der Waals surface area (Å²) in [5.74, 6) is 0.0846. The van der Waals surface area contributed by atoms with E-state index in [1.165, 1.54) is 13.2 Å². The molecule has 0 aliphatic carbocycles. The largest absolute Gasteiger partial charge is 0.489 e. The maximum atomic E-state index is 11.0. The molecule has 2 aromatic rings. The summed E-state index contributed by atoms with van der Waals surface area (Å²) >= 11 is 6.00. The van der Waals surface area contributed by atoms with Crippen LogP contribution in [0, 0.1) is 10.1 Å². The van der Waals surface area contributed by atoms with Gasteiger partial charge in [0.15, 0.2) is 0 Å². The Morgan fingerprint density at radius 1 is 1.17 bits per heavy atom. The van der Waals surface area contributed by atoms with Crippen molar-refractivity contribution in [1.82, 2.24) is 0 Å². The Hall–Kier alpha value is -2.07. The van der Waals surface area contributed by atoms with Gasteiger partial charge in [0.2, 0.25) is 5.75 Å². The van der Waals surface area contributed by atoms with Gasteiger partial charge in [-0.15, -0.1) is 0 Å². The Bertz CT molecular complexity index is 584. The topological polar surface area (TPSA) is 52.4 Å². The molecule has 2 aromatic carbocycles. The van der Waals surface area contributed by atoms with Gasteiger partial charge in [-0.05, 0) is 17.2 Å². The molecule has 0 aliphatic heterocycles. The quantitative estimate of drug-likeness (QED) is 0.623. The van der Waals surface area contributed by atoms with E-state index in [1.807, 2.05) is 30.3 Å². The summed E-state index contributed by atoms with van der Waals surface area (Å²) in [6.45, 7) is 0. The fourth-order valence-electron chi connectivity index (χ4n) is 1.71. The van der Waals surface area contributed by atoms with Gasteiger partial charge in [0.05, 0.1) is 17.1 Å². The molecule has 0 bridgehead atoms. The van der Waals surface area contributed by atoms with Gasteiger partial charge in [-0.1, -0.05) is 41.9 Å². The molecule has 0 unspecified atom stereocenters. The molecule has 5 heteroatoms. The minimum absolute atomic E-state index is 0.0846. The lowest BCUT2D eigenvalue weighted by molar-refractivity contribution is -0.385. The van der Waals surface area contributed by atoms with Crippen molar-refractivity contribution in [2.24, 2.45) is 0 Å². The Morgan fingerprint density at radius 3 is 2.39 bits per heavy atom. The lowest BCUT2D eigenvalue weighted by Crippen LogP contribution is -1.95. The maximum absolute atomic E-state index is 11.0. The molecule has 0 fully saturated rings. The molecule has 92 valence electrons. The van der Waals surface area contributed by atoms with E-state index in [1.54, 1.807) is 6.07 Å². The molecule has 0 amide bonds. The molecule has 0 N–H and O–H groups in total. The van der Waals surface area contributed by atoms with Crippen LogP contribution in [0.3, 0.4) is 0 Å². The van der Waals surface area contributed by atoms with Crippen LogP contribution in [-0.4, -0.2) is 12.0 Å². The van der Waals surface area contributed by atoms with Gasteiger partial charge in [-0.2, -0.15) is 0 Å². The Kier molecular flexibility index (Phi) is 3.48. The minimum Gasteiger partial charge on any atom is -0.489 e. The van der Waals surface area contributed by atoms with Gasteiger partial charge in [-0.3, -0.25) is 10.1 Å². The zero-order chi connectivity index (χ0) is 13.1. The van der Waals surface area contributed by atoms with E-state index in [4.69, 9.17) is 16.3 Å². The van der Waals surface area contributed by atoms with Crippen molar-refractivity contribution in [3.05, 3.63) is 57.6 Å². The smallest absolute Gasteiger partial charge is 0.313 e. The van der Waals surface area contributed by atoms with E-state index in [0.717, 1.165) is 5.56 Å². The molecule has 0 spiro atoms. The highest BCUT2D eigenvalue weighted by atomic mass is 35.5. The monoisotopic (exact) mass is 263 g/mol. The number of nitrogens with zero attached hydrogens (tertiary/aromatic N) is 1. The number of ether oxygens (including phenoxy) is 1. The number of hydrogen-bond acceptors (Lipinski definition) is 3. The fourth-order valence-corrected chi connectivity index (χ4v) is 2.01. The number of methoxy groups -OCH3 is 1. The molecular formula is C13H10ClNO3. The normalized spacial score (nSPS) is 10.1. The second-order valence-electron chi connectivity index (χ2n) is 3.63. The zero-order valence-electron chi connectivity index (χ0n) is 9.59. The minimum atomic E-state index is -0.503. The van der Waals surface area contributed by atoms with Crippen LogP contribution in [0.1, 0.15) is 0 Å². The van der Waals surface area contributed by atoms with E-state index < -0.39 is 4.92 Å². The summed E-state index contributed by atoms with van der Waals surface area (Å²) in [6, 6.07) is 12.4. The van der Waals surface area contributed by atoms with Gasteiger partial charge in [0.25, 0.3) is 0 Å². The number of benzene rings is 2. The SMILES string of the molecule is COc1c(Cl)cc(-c2ccccc2)cc1[N+](=O)[O-]. The van der Waals surface area contributed by atoms with Crippen molar-refractivity contribution in [2.45, 2.75) is 0 Å². The molecule has 0 aromatic heterocycles. The first-order chi connectivity index (χ1) is 8.63. The maximum Gasteiger partial charge on any atom is 0.313 e. The first-order valence-electron chi connectivity index (χ1n) is 5.21. The highest BCUT2D eigenvalue weighted by Crippen LogP contribution is 2.38. The average Bonchev–Trinajstić information content (AvgIpc) is 2.38. The highest BCUT2D eigenvalue weighted by molar-refractivity contribution is 6.32. The van der Waals surface area contributed by atoms with E-state index in [-0.39, 0.29) is 16.5 Å². The van der Waals surface area contributed by atoms with Crippen molar-refractivity contribution >= 4 is 17.3 Å². The molecule has 2 rings (SSSR count). The molecule has 0 atom stereocenters. The molecule has 0 radical (unpaired) electrons. The second kappa shape index (κ2) is 5.06. The molecule has 18 heavy (non-hydrogen) atoms. The molecule has 0 aliphatic rings. The van der Waals surface area contributed by atoms with E-state index in [9.17, 15) is 10.1 Å². The first-order valence-corrected chi connectivity index (χ1v) is 5.58. The van der Waals surface area contributed by atoms with Crippen LogP contribution in [0.25, 0.3) is 11.1 Å². The summed E-state index contributed by atoms with van der Waals surface area (Å²) in [6.07, 6.45) is 0. The van der Waals surface area contributed by atoms with Gasteiger partial charge < -0.3 is 4.74 Å². The molecule has 4 nitrogen and oxygen atoms in total. The van der Waals surface area contributed by atoms with E-state index in [0.29, 0.717) is 5.56 Å². The fraction of sp³-hybridized carbons (Fsp3) is 0.0769. The average molecular weight is 264 g/mol. The molecule has 0 heterocycles. The summed E-state index contributed by atoms with van der Waals surface area (Å²) in [7, 11) is 1.36. The number of rotatable bonds is 3. The summed E-state index contributed by atoms with van der Waals surface area (Å²) in [4.78, 5) is 10.5. The third kappa shape index (κ3) is 2.28. The van der Waals surface area contributed by atoms with E-state index in [2.05, 4.69) is 0 Å². The number of halogens is 1. The van der Waals surface area contributed by atoms with Crippen molar-refractivity contribution in [3.63, 3.8) is 0 Å². The Balaban J connectivity index is 2.62. The van der Waals surface area contributed by atoms with Crippen LogP contribution in [0.15, 0.2) is 42.5 Å². The summed E-state index contributed by atoms with van der Waals surface area (Å²) < 4.78 is 4.95. The zero-order valence-corrected chi connectivity index (χ0v) is 10.3. The highest BCUT2D eigenvalue weighted by Gasteiger charge is 2.20. The molecule has 0 saturated carbocycles. The van der Waals surface area contributed by atoms with Crippen molar-refractivity contribution < 1.29 is 9.66 Å². The Morgan fingerprint density at radius 2 is 1.83 bits per heavy atom. The third-order valence-electron chi connectivity index (χ3n) is 2.53. The van der Waals surface area contributed by atoms with Crippen LogP contribution in [0.4, 0.5) is 5.69 Å². The predicted molar refractivity (Wildman–Crippen MR) is 70.1 cm³/mol. The summed E-state index contributed by atoms with van der Waals surface area (Å²) in [5.41, 5.74) is 1.42.